The first kappa shape index (κ1) is 32.0. The topological polar surface area (TPSA) is 86.8 Å². The van der Waals surface area contributed by atoms with Crippen LogP contribution in [-0.2, 0) is 26.2 Å². The third-order valence-electron chi connectivity index (χ3n) is 6.14. The van der Waals surface area contributed by atoms with Crippen LogP contribution in [0.5, 0.6) is 0 Å². The first-order chi connectivity index (χ1) is 18.9. The maximum Gasteiger partial charge on any atom is 0.264 e. The number of halogens is 4. The van der Waals surface area contributed by atoms with Gasteiger partial charge in [0.2, 0.25) is 11.8 Å². The molecule has 3 aromatic rings. The number of hydrogen-bond donors (Lipinski definition) is 1. The van der Waals surface area contributed by atoms with E-state index in [4.69, 9.17) is 46.4 Å². The predicted octanol–water partition coefficient (Wildman–Crippen LogP) is 6.75. The number of aryl methyl sites for hydroxylation is 1. The van der Waals surface area contributed by atoms with Gasteiger partial charge in [0.1, 0.15) is 12.6 Å². The summed E-state index contributed by atoms with van der Waals surface area (Å²) in [5.74, 6) is -0.997. The van der Waals surface area contributed by atoms with Crippen molar-refractivity contribution in [2.45, 2.75) is 44.7 Å². The van der Waals surface area contributed by atoms with Gasteiger partial charge in [0.15, 0.2) is 0 Å². The molecule has 0 saturated carbocycles. The number of likely N-dealkylation sites (N-methyl/N-ethyl adjacent to an activating group) is 1. The molecule has 1 unspecified atom stereocenters. The minimum Gasteiger partial charge on any atom is -0.355 e. The summed E-state index contributed by atoms with van der Waals surface area (Å²) < 4.78 is 28.8. The second-order valence-electron chi connectivity index (χ2n) is 9.01. The maximum absolute atomic E-state index is 14.0. The Morgan fingerprint density at radius 1 is 0.875 bits per heavy atom. The molecule has 0 radical (unpaired) electrons. The van der Waals surface area contributed by atoms with Crippen LogP contribution in [0, 0.1) is 6.92 Å². The summed E-state index contributed by atoms with van der Waals surface area (Å²) in [5.41, 5.74) is 1.51. The van der Waals surface area contributed by atoms with Crippen molar-refractivity contribution < 1.29 is 18.0 Å². The lowest BCUT2D eigenvalue weighted by atomic mass is 10.1. The van der Waals surface area contributed by atoms with E-state index in [9.17, 15) is 18.0 Å². The van der Waals surface area contributed by atoms with Crippen LogP contribution in [0.25, 0.3) is 0 Å². The minimum atomic E-state index is -4.28. The van der Waals surface area contributed by atoms with Gasteiger partial charge in [0, 0.05) is 18.1 Å². The molecule has 0 heterocycles. The molecule has 0 aliphatic rings. The zero-order valence-corrected chi connectivity index (χ0v) is 26.0. The quantitative estimate of drug-likeness (QED) is 0.250. The van der Waals surface area contributed by atoms with Gasteiger partial charge in [-0.3, -0.25) is 13.9 Å². The van der Waals surface area contributed by atoms with Crippen LogP contribution in [-0.4, -0.2) is 44.3 Å². The van der Waals surface area contributed by atoms with Crippen molar-refractivity contribution in [1.29, 1.82) is 0 Å². The minimum absolute atomic E-state index is 0.0208. The van der Waals surface area contributed by atoms with Gasteiger partial charge in [0.05, 0.1) is 25.7 Å². The molecule has 0 spiro atoms. The maximum atomic E-state index is 14.0. The summed E-state index contributed by atoms with van der Waals surface area (Å²) in [6.07, 6.45) is 0.279. The molecule has 0 aliphatic carbocycles. The summed E-state index contributed by atoms with van der Waals surface area (Å²) in [6.45, 7) is 5.06. The summed E-state index contributed by atoms with van der Waals surface area (Å²) in [5, 5.41) is 3.69. The smallest absolute Gasteiger partial charge is 0.264 e. The van der Waals surface area contributed by atoms with Crippen LogP contribution in [0.2, 0.25) is 20.1 Å². The fraction of sp³-hybridized carbons (Fsp3) is 0.286. The molecule has 0 aromatic heterocycles. The SMILES string of the molecule is CCNC(=O)C(CC)N(Cc1ccc(Cl)c(Cl)c1)C(=O)CN(c1cc(Cl)ccc1Cl)S(=O)(=O)c1ccc(C)cc1. The molecule has 3 rings (SSSR count). The van der Waals surface area contributed by atoms with Crippen LogP contribution >= 0.6 is 46.4 Å². The van der Waals surface area contributed by atoms with Crippen LogP contribution < -0.4 is 9.62 Å². The average Bonchev–Trinajstić information content (AvgIpc) is 2.91. The van der Waals surface area contributed by atoms with Gasteiger partial charge in [-0.05, 0) is 68.3 Å². The molecule has 1 atom stereocenters. The normalized spacial score (nSPS) is 12.1. The Morgan fingerprint density at radius 3 is 2.12 bits per heavy atom. The van der Waals surface area contributed by atoms with Gasteiger partial charge in [0.25, 0.3) is 10.0 Å². The zero-order chi connectivity index (χ0) is 29.6. The molecular weight excluding hydrogens is 616 g/mol. The van der Waals surface area contributed by atoms with Crippen molar-refractivity contribution >= 4 is 73.9 Å². The molecule has 0 saturated heterocycles. The predicted molar refractivity (Wildman–Crippen MR) is 162 cm³/mol. The van der Waals surface area contributed by atoms with Crippen LogP contribution in [0.15, 0.2) is 65.6 Å². The van der Waals surface area contributed by atoms with E-state index in [-0.39, 0.29) is 44.5 Å². The first-order valence-corrected chi connectivity index (χ1v) is 15.4. The monoisotopic (exact) mass is 643 g/mol. The van der Waals surface area contributed by atoms with Gasteiger partial charge < -0.3 is 10.2 Å². The Labute approximate surface area is 255 Å². The van der Waals surface area contributed by atoms with Crippen molar-refractivity contribution in [2.24, 2.45) is 0 Å². The lowest BCUT2D eigenvalue weighted by molar-refractivity contribution is -0.140. The van der Waals surface area contributed by atoms with E-state index in [2.05, 4.69) is 5.32 Å². The van der Waals surface area contributed by atoms with Crippen molar-refractivity contribution in [3.63, 3.8) is 0 Å². The summed E-state index contributed by atoms with van der Waals surface area (Å²) in [7, 11) is -4.28. The van der Waals surface area contributed by atoms with E-state index in [1.165, 1.54) is 35.2 Å². The molecule has 1 N–H and O–H groups in total. The number of amides is 2. The van der Waals surface area contributed by atoms with E-state index in [0.717, 1.165) is 9.87 Å². The van der Waals surface area contributed by atoms with E-state index in [1.54, 1.807) is 44.2 Å². The summed E-state index contributed by atoms with van der Waals surface area (Å²) >= 11 is 24.9. The second-order valence-corrected chi connectivity index (χ2v) is 12.5. The average molecular weight is 645 g/mol. The number of anilines is 1. The van der Waals surface area contributed by atoms with E-state index in [1.807, 2.05) is 6.92 Å². The van der Waals surface area contributed by atoms with Gasteiger partial charge in [-0.1, -0.05) is 77.1 Å². The standard InChI is InChI=1S/C28H29Cl4N3O4S/c1-4-25(28(37)33-5-2)34(16-19-8-12-22(30)24(32)14-19)27(36)17-35(26-15-20(29)9-13-23(26)31)40(38,39)21-10-6-18(3)7-11-21/h6-15,25H,4-5,16-17H2,1-3H3,(H,33,37). The fourth-order valence-electron chi connectivity index (χ4n) is 4.07. The highest BCUT2D eigenvalue weighted by atomic mass is 35.5. The molecule has 0 aliphatic heterocycles. The summed E-state index contributed by atoms with van der Waals surface area (Å²) in [4.78, 5) is 28.3. The second kappa shape index (κ2) is 13.9. The lowest BCUT2D eigenvalue weighted by Gasteiger charge is -2.33. The van der Waals surface area contributed by atoms with Crippen LogP contribution in [0.3, 0.4) is 0 Å². The van der Waals surface area contributed by atoms with E-state index < -0.39 is 28.5 Å². The zero-order valence-electron chi connectivity index (χ0n) is 22.1. The molecule has 7 nitrogen and oxygen atoms in total. The molecule has 2 amide bonds. The van der Waals surface area contributed by atoms with Gasteiger partial charge in [-0.15, -0.1) is 0 Å². The Balaban J connectivity index is 2.11. The highest BCUT2D eigenvalue weighted by Crippen LogP contribution is 2.33. The van der Waals surface area contributed by atoms with Crippen molar-refractivity contribution in [3.05, 3.63) is 91.9 Å². The third kappa shape index (κ3) is 7.62. The highest BCUT2D eigenvalue weighted by Gasteiger charge is 2.34. The Morgan fingerprint density at radius 2 is 1.52 bits per heavy atom. The number of carbonyl (C=O) groups excluding carboxylic acids is 2. The molecule has 12 heteroatoms. The lowest BCUT2D eigenvalue weighted by Crippen LogP contribution is -2.52. The highest BCUT2D eigenvalue weighted by molar-refractivity contribution is 7.92. The van der Waals surface area contributed by atoms with E-state index in [0.29, 0.717) is 17.1 Å². The first-order valence-electron chi connectivity index (χ1n) is 12.4. The molecule has 0 fully saturated rings. The molecule has 40 heavy (non-hydrogen) atoms. The number of nitrogens with zero attached hydrogens (tertiary/aromatic N) is 2. The third-order valence-corrected chi connectivity index (χ3v) is 9.21. The number of rotatable bonds is 11. The number of carbonyl (C=O) groups is 2. The largest absolute Gasteiger partial charge is 0.355 e. The van der Waals surface area contributed by atoms with Crippen molar-refractivity contribution in [1.82, 2.24) is 10.2 Å². The van der Waals surface area contributed by atoms with Gasteiger partial charge in [-0.25, -0.2) is 8.42 Å². The van der Waals surface area contributed by atoms with Crippen molar-refractivity contribution in [3.8, 4) is 0 Å². The number of benzene rings is 3. The van der Waals surface area contributed by atoms with Crippen LogP contribution in [0.1, 0.15) is 31.4 Å². The van der Waals surface area contributed by atoms with E-state index >= 15 is 0 Å². The Hall–Kier alpha value is -2.49. The van der Waals surface area contributed by atoms with Crippen LogP contribution in [0.4, 0.5) is 5.69 Å². The molecule has 214 valence electrons. The Kier molecular flexibility index (Phi) is 11.1. The van der Waals surface area contributed by atoms with Gasteiger partial charge >= 0.3 is 0 Å². The molecular formula is C28H29Cl4N3O4S. The fourth-order valence-corrected chi connectivity index (χ4v) is 6.26. The molecule has 3 aromatic carbocycles. The number of nitrogens with one attached hydrogen (secondary N) is 1. The number of hydrogen-bond acceptors (Lipinski definition) is 4. The summed E-state index contributed by atoms with van der Waals surface area (Å²) in [6, 6.07) is 14.6. The Bertz CT molecular complexity index is 1480. The molecule has 0 bridgehead atoms. The van der Waals surface area contributed by atoms with Gasteiger partial charge in [-0.2, -0.15) is 0 Å². The number of sulfonamides is 1. The van der Waals surface area contributed by atoms with Crippen molar-refractivity contribution in [2.75, 3.05) is 17.4 Å².